The first kappa shape index (κ1) is 14.3. The molecule has 0 aliphatic rings. The minimum absolute atomic E-state index is 0.272. The molecule has 0 aromatic heterocycles. The van der Waals surface area contributed by atoms with Crippen LogP contribution in [-0.2, 0) is 6.42 Å². The van der Waals surface area contributed by atoms with Crippen molar-refractivity contribution in [1.29, 1.82) is 0 Å². The average molecular weight is 293 g/mol. The number of benzene rings is 2. The van der Waals surface area contributed by atoms with Gasteiger partial charge in [-0.15, -0.1) is 0 Å². The van der Waals surface area contributed by atoms with Crippen molar-refractivity contribution in [2.45, 2.75) is 6.42 Å². The second kappa shape index (κ2) is 6.39. The molecule has 0 heterocycles. The summed E-state index contributed by atoms with van der Waals surface area (Å²) >= 11 is 5.95. The van der Waals surface area contributed by atoms with Crippen molar-refractivity contribution in [3.63, 3.8) is 0 Å². The fourth-order valence-corrected chi connectivity index (χ4v) is 2.10. The minimum atomic E-state index is -0.282. The highest BCUT2D eigenvalue weighted by Gasteiger charge is 2.09. The zero-order chi connectivity index (χ0) is 14.5. The van der Waals surface area contributed by atoms with Gasteiger partial charge in [-0.2, -0.15) is 0 Å². The van der Waals surface area contributed by atoms with Gasteiger partial charge in [-0.25, -0.2) is 4.39 Å². The molecule has 104 valence electrons. The minimum Gasteiger partial charge on any atom is -0.399 e. The highest BCUT2D eigenvalue weighted by atomic mass is 35.5. The fourth-order valence-electron chi connectivity index (χ4n) is 1.82. The summed E-state index contributed by atoms with van der Waals surface area (Å²) in [6.07, 6.45) is 0.552. The smallest absolute Gasteiger partial charge is 0.252 e. The Morgan fingerprint density at radius 2 is 2.05 bits per heavy atom. The maximum Gasteiger partial charge on any atom is 0.252 e. The van der Waals surface area contributed by atoms with Crippen molar-refractivity contribution in [1.82, 2.24) is 5.32 Å². The van der Waals surface area contributed by atoms with Gasteiger partial charge in [0.1, 0.15) is 5.82 Å². The lowest BCUT2D eigenvalue weighted by Gasteiger charge is -2.07. The molecule has 0 saturated heterocycles. The second-order valence-electron chi connectivity index (χ2n) is 4.38. The summed E-state index contributed by atoms with van der Waals surface area (Å²) in [5, 5.41) is 3.05. The Kier molecular flexibility index (Phi) is 4.58. The van der Waals surface area contributed by atoms with Gasteiger partial charge in [0.15, 0.2) is 0 Å². The molecule has 2 rings (SSSR count). The standard InChI is InChI=1S/C15H14ClFN2O/c16-14-9-12(18)4-5-13(14)15(20)19-7-6-10-2-1-3-11(17)8-10/h1-5,8-9H,6-7,18H2,(H,19,20). The molecule has 5 heteroatoms. The Balaban J connectivity index is 1.92. The number of nitrogens with two attached hydrogens (primary N) is 1. The molecule has 0 spiro atoms. The fraction of sp³-hybridized carbons (Fsp3) is 0.133. The molecule has 2 aromatic rings. The lowest BCUT2D eigenvalue weighted by molar-refractivity contribution is 0.0954. The van der Waals surface area contributed by atoms with Crippen LogP contribution in [-0.4, -0.2) is 12.5 Å². The van der Waals surface area contributed by atoms with Crippen LogP contribution in [0.1, 0.15) is 15.9 Å². The summed E-state index contributed by atoms with van der Waals surface area (Å²) in [6, 6.07) is 11.0. The summed E-state index contributed by atoms with van der Waals surface area (Å²) in [5.74, 6) is -0.554. The lowest BCUT2D eigenvalue weighted by Crippen LogP contribution is -2.26. The first-order valence-electron chi connectivity index (χ1n) is 6.14. The molecule has 2 aromatic carbocycles. The van der Waals surface area contributed by atoms with Gasteiger partial charge in [-0.3, -0.25) is 4.79 Å². The van der Waals surface area contributed by atoms with E-state index in [2.05, 4.69) is 5.32 Å². The highest BCUT2D eigenvalue weighted by molar-refractivity contribution is 6.34. The Bertz CT molecular complexity index is 631. The Labute approximate surface area is 121 Å². The van der Waals surface area contributed by atoms with E-state index in [-0.39, 0.29) is 11.7 Å². The topological polar surface area (TPSA) is 55.1 Å². The average Bonchev–Trinajstić information content (AvgIpc) is 2.38. The SMILES string of the molecule is Nc1ccc(C(=O)NCCc2cccc(F)c2)c(Cl)c1. The Morgan fingerprint density at radius 1 is 1.25 bits per heavy atom. The largest absolute Gasteiger partial charge is 0.399 e. The Morgan fingerprint density at radius 3 is 2.75 bits per heavy atom. The lowest BCUT2D eigenvalue weighted by atomic mass is 10.1. The molecule has 20 heavy (non-hydrogen) atoms. The van der Waals surface area contributed by atoms with Crippen molar-refractivity contribution in [2.75, 3.05) is 12.3 Å². The molecular formula is C15H14ClFN2O. The number of halogens is 2. The van der Waals surface area contributed by atoms with E-state index in [0.29, 0.717) is 29.2 Å². The highest BCUT2D eigenvalue weighted by Crippen LogP contribution is 2.18. The molecule has 1 amide bonds. The van der Waals surface area contributed by atoms with Gasteiger partial charge in [0, 0.05) is 12.2 Å². The third-order valence-electron chi connectivity index (χ3n) is 2.83. The van der Waals surface area contributed by atoms with Gasteiger partial charge in [0.25, 0.3) is 5.91 Å². The van der Waals surface area contributed by atoms with Gasteiger partial charge >= 0.3 is 0 Å². The van der Waals surface area contributed by atoms with Crippen LogP contribution in [0.4, 0.5) is 10.1 Å². The van der Waals surface area contributed by atoms with E-state index in [9.17, 15) is 9.18 Å². The molecule has 0 bridgehead atoms. The molecule has 0 atom stereocenters. The van der Waals surface area contributed by atoms with E-state index >= 15 is 0 Å². The number of carbonyl (C=O) groups is 1. The third kappa shape index (κ3) is 3.71. The third-order valence-corrected chi connectivity index (χ3v) is 3.14. The maximum absolute atomic E-state index is 13.0. The van der Waals surface area contributed by atoms with Crippen molar-refractivity contribution in [3.05, 3.63) is 64.4 Å². The van der Waals surface area contributed by atoms with Crippen molar-refractivity contribution >= 4 is 23.2 Å². The molecule has 0 aliphatic heterocycles. The summed E-state index contributed by atoms with van der Waals surface area (Å²) < 4.78 is 13.0. The van der Waals surface area contributed by atoms with Crippen molar-refractivity contribution in [3.8, 4) is 0 Å². The summed E-state index contributed by atoms with van der Waals surface area (Å²) in [7, 11) is 0. The van der Waals surface area contributed by atoms with Crippen LogP contribution in [0, 0.1) is 5.82 Å². The van der Waals surface area contributed by atoms with Crippen LogP contribution in [0.15, 0.2) is 42.5 Å². The molecule has 0 radical (unpaired) electrons. The van der Waals surface area contributed by atoms with Crippen molar-refractivity contribution < 1.29 is 9.18 Å². The van der Waals surface area contributed by atoms with Gasteiger partial charge in [0.05, 0.1) is 10.6 Å². The number of carbonyl (C=O) groups excluding carboxylic acids is 1. The zero-order valence-corrected chi connectivity index (χ0v) is 11.5. The van der Waals surface area contributed by atoms with Gasteiger partial charge in [0.2, 0.25) is 0 Å². The molecular weight excluding hydrogens is 279 g/mol. The number of hydrogen-bond donors (Lipinski definition) is 2. The number of nitrogens with one attached hydrogen (secondary N) is 1. The molecule has 3 nitrogen and oxygen atoms in total. The maximum atomic E-state index is 13.0. The van der Waals surface area contributed by atoms with E-state index in [1.54, 1.807) is 18.2 Å². The summed E-state index contributed by atoms with van der Waals surface area (Å²) in [4.78, 5) is 11.9. The van der Waals surface area contributed by atoms with E-state index in [1.807, 2.05) is 6.07 Å². The van der Waals surface area contributed by atoms with Crippen LogP contribution < -0.4 is 11.1 Å². The van der Waals surface area contributed by atoms with E-state index < -0.39 is 0 Å². The molecule has 0 aliphatic carbocycles. The second-order valence-corrected chi connectivity index (χ2v) is 4.78. The number of hydrogen-bond acceptors (Lipinski definition) is 2. The van der Waals surface area contributed by atoms with Crippen LogP contribution in [0.25, 0.3) is 0 Å². The number of nitrogen functional groups attached to an aromatic ring is 1. The van der Waals surface area contributed by atoms with Crippen LogP contribution >= 0.6 is 11.6 Å². The first-order chi connectivity index (χ1) is 9.56. The molecule has 0 fully saturated rings. The van der Waals surface area contributed by atoms with Gasteiger partial charge < -0.3 is 11.1 Å². The quantitative estimate of drug-likeness (QED) is 0.851. The first-order valence-corrected chi connectivity index (χ1v) is 6.52. The molecule has 0 unspecified atom stereocenters. The number of anilines is 1. The van der Waals surface area contributed by atoms with Crippen LogP contribution in [0.3, 0.4) is 0 Å². The zero-order valence-electron chi connectivity index (χ0n) is 10.7. The van der Waals surface area contributed by atoms with Crippen LogP contribution in [0.5, 0.6) is 0 Å². The van der Waals surface area contributed by atoms with Gasteiger partial charge in [-0.05, 0) is 42.3 Å². The van der Waals surface area contributed by atoms with E-state index in [0.717, 1.165) is 5.56 Å². The van der Waals surface area contributed by atoms with E-state index in [4.69, 9.17) is 17.3 Å². The van der Waals surface area contributed by atoms with Crippen molar-refractivity contribution in [2.24, 2.45) is 0 Å². The Hall–Kier alpha value is -2.07. The molecule has 3 N–H and O–H groups in total. The van der Waals surface area contributed by atoms with Crippen LogP contribution in [0.2, 0.25) is 5.02 Å². The summed E-state index contributed by atoms with van der Waals surface area (Å²) in [5.41, 5.74) is 7.27. The van der Waals surface area contributed by atoms with E-state index in [1.165, 1.54) is 18.2 Å². The normalized spacial score (nSPS) is 10.3. The number of amides is 1. The predicted molar refractivity (Wildman–Crippen MR) is 78.3 cm³/mol. The predicted octanol–water partition coefficient (Wildman–Crippen LogP) is 3.03. The monoisotopic (exact) mass is 292 g/mol. The molecule has 0 saturated carbocycles. The number of rotatable bonds is 4. The van der Waals surface area contributed by atoms with Gasteiger partial charge in [-0.1, -0.05) is 23.7 Å². The summed E-state index contributed by atoms with van der Waals surface area (Å²) in [6.45, 7) is 0.406.